The summed E-state index contributed by atoms with van der Waals surface area (Å²) in [6.45, 7) is 3.53. The van der Waals surface area contributed by atoms with Crippen LogP contribution in [0.5, 0.6) is 0 Å². The van der Waals surface area contributed by atoms with Crippen LogP contribution in [0.4, 0.5) is 13.2 Å². The number of hydrogen-bond acceptors (Lipinski definition) is 6. The highest BCUT2D eigenvalue weighted by Gasteiger charge is 2.31. The summed E-state index contributed by atoms with van der Waals surface area (Å²) < 4.78 is 43.4. The summed E-state index contributed by atoms with van der Waals surface area (Å²) >= 11 is 0. The molecule has 0 atom stereocenters. The van der Waals surface area contributed by atoms with E-state index in [1.807, 2.05) is 6.19 Å². The quantitative estimate of drug-likeness (QED) is 0.310. The minimum absolute atomic E-state index is 0.299. The molecule has 0 aliphatic rings. The molecule has 38 heavy (non-hydrogen) atoms. The maximum absolute atomic E-state index is 13.3. The summed E-state index contributed by atoms with van der Waals surface area (Å²) in [5, 5.41) is 19.5. The Labute approximate surface area is 214 Å². The lowest BCUT2D eigenvalue weighted by Gasteiger charge is -2.15. The van der Waals surface area contributed by atoms with Gasteiger partial charge in [-0.3, -0.25) is 19.5 Å². The first-order valence-corrected chi connectivity index (χ1v) is 11.4. The normalized spacial score (nSPS) is 12.6. The molecule has 4 heterocycles. The Morgan fingerprint density at radius 3 is 2.37 bits per heavy atom. The van der Waals surface area contributed by atoms with Crippen LogP contribution >= 0.6 is 0 Å². The molecular weight excluding hydrogens is 493 g/mol. The predicted octanol–water partition coefficient (Wildman–Crippen LogP) is 5.18. The van der Waals surface area contributed by atoms with Crippen molar-refractivity contribution in [2.24, 2.45) is 12.0 Å². The molecule has 0 fully saturated rings. The fourth-order valence-electron chi connectivity index (χ4n) is 4.30. The Hall–Kier alpha value is -5.03. The van der Waals surface area contributed by atoms with Gasteiger partial charge in [0.2, 0.25) is 11.8 Å². The molecule has 5 rings (SSSR count). The van der Waals surface area contributed by atoms with Crippen molar-refractivity contribution in [3.63, 3.8) is 0 Å². The van der Waals surface area contributed by atoms with Gasteiger partial charge < -0.3 is 4.57 Å². The molecule has 0 amide bonds. The van der Waals surface area contributed by atoms with Crippen LogP contribution in [0.1, 0.15) is 25.1 Å². The van der Waals surface area contributed by atoms with Gasteiger partial charge in [-0.15, -0.1) is 4.99 Å². The van der Waals surface area contributed by atoms with Gasteiger partial charge in [-0.05, 0) is 49.7 Å². The Balaban J connectivity index is 1.81. The lowest BCUT2D eigenvalue weighted by Crippen LogP contribution is -2.23. The third-order valence-electron chi connectivity index (χ3n) is 6.38. The van der Waals surface area contributed by atoms with Gasteiger partial charge in [0.15, 0.2) is 0 Å². The summed E-state index contributed by atoms with van der Waals surface area (Å²) in [4.78, 5) is 16.8. The summed E-state index contributed by atoms with van der Waals surface area (Å²) in [6, 6.07) is 12.0. The van der Waals surface area contributed by atoms with Crippen molar-refractivity contribution in [2.45, 2.75) is 25.4 Å². The molecule has 0 aliphatic carbocycles. The van der Waals surface area contributed by atoms with Crippen LogP contribution in [0.3, 0.4) is 0 Å². The summed E-state index contributed by atoms with van der Waals surface area (Å²) in [5.74, 6) is 0. The number of aromatic nitrogens is 5. The largest absolute Gasteiger partial charge is 0.417 e. The minimum Gasteiger partial charge on any atom is -0.311 e. The second-order valence-electron chi connectivity index (χ2n) is 9.23. The van der Waals surface area contributed by atoms with Crippen molar-refractivity contribution in [1.82, 2.24) is 24.1 Å². The van der Waals surface area contributed by atoms with Crippen molar-refractivity contribution in [2.75, 3.05) is 0 Å². The smallest absolute Gasteiger partial charge is 0.311 e. The Morgan fingerprint density at radius 1 is 0.921 bits per heavy atom. The number of nitrogens with zero attached hydrogens (tertiary/aromatic N) is 8. The van der Waals surface area contributed by atoms with Crippen molar-refractivity contribution in [3.05, 3.63) is 78.1 Å². The first kappa shape index (κ1) is 24.7. The highest BCUT2D eigenvalue weighted by Crippen LogP contribution is 2.34. The van der Waals surface area contributed by atoms with Crippen LogP contribution in [0.25, 0.3) is 38.8 Å². The van der Waals surface area contributed by atoms with E-state index in [0.717, 1.165) is 12.3 Å². The first-order chi connectivity index (χ1) is 18.0. The van der Waals surface area contributed by atoms with Crippen LogP contribution in [-0.4, -0.2) is 24.1 Å². The number of hydrogen-bond donors (Lipinski definition) is 0. The summed E-state index contributed by atoms with van der Waals surface area (Å²) in [7, 11) is 1.74. The molecule has 4 aromatic heterocycles. The maximum atomic E-state index is 13.3. The molecule has 5 aromatic rings. The first-order valence-electron chi connectivity index (χ1n) is 11.4. The second kappa shape index (κ2) is 8.82. The number of imidazole rings is 1. The van der Waals surface area contributed by atoms with E-state index in [1.54, 1.807) is 72.8 Å². The molecule has 0 aliphatic heterocycles. The molecule has 8 nitrogen and oxygen atoms in total. The zero-order valence-corrected chi connectivity index (χ0v) is 20.5. The maximum Gasteiger partial charge on any atom is 0.417 e. The second-order valence-corrected chi connectivity index (χ2v) is 9.23. The van der Waals surface area contributed by atoms with E-state index >= 15 is 0 Å². The number of fused-ring (bicyclic) bond motifs is 3. The van der Waals surface area contributed by atoms with Crippen molar-refractivity contribution >= 4 is 21.9 Å². The molecule has 11 heteroatoms. The number of benzene rings is 1. The van der Waals surface area contributed by atoms with Gasteiger partial charge in [-0.25, -0.2) is 0 Å². The number of nitriles is 2. The Kier molecular flexibility index (Phi) is 5.72. The molecule has 0 radical (unpaired) electrons. The van der Waals surface area contributed by atoms with Gasteiger partial charge >= 0.3 is 6.18 Å². The number of aryl methyl sites for hydroxylation is 1. The topological polar surface area (TPSA) is 108 Å². The lowest BCUT2D eigenvalue weighted by atomic mass is 9.91. The molecule has 1 aromatic carbocycles. The van der Waals surface area contributed by atoms with Gasteiger partial charge in [-0.1, -0.05) is 6.07 Å². The van der Waals surface area contributed by atoms with Crippen molar-refractivity contribution in [3.8, 4) is 29.1 Å². The highest BCUT2D eigenvalue weighted by molar-refractivity contribution is 6.04. The third-order valence-corrected chi connectivity index (χ3v) is 6.38. The van der Waals surface area contributed by atoms with Crippen LogP contribution < -0.4 is 5.62 Å². The van der Waals surface area contributed by atoms with Crippen LogP contribution in [-0.2, 0) is 18.6 Å². The summed E-state index contributed by atoms with van der Waals surface area (Å²) in [5.41, 5.74) is 2.52. The van der Waals surface area contributed by atoms with Crippen LogP contribution in [0.2, 0.25) is 0 Å². The fraction of sp³-hybridized carbons (Fsp3) is 0.185. The monoisotopic (exact) mass is 512 g/mol. The van der Waals surface area contributed by atoms with Gasteiger partial charge in [0.25, 0.3) is 0 Å². The average Bonchev–Trinajstić information content (AvgIpc) is 3.20. The molecule has 188 valence electrons. The Bertz CT molecular complexity index is 1860. The van der Waals surface area contributed by atoms with E-state index in [2.05, 4.69) is 26.0 Å². The highest BCUT2D eigenvalue weighted by atomic mass is 19.4. The van der Waals surface area contributed by atoms with E-state index in [4.69, 9.17) is 0 Å². The van der Waals surface area contributed by atoms with Gasteiger partial charge in [0.1, 0.15) is 0 Å². The molecule has 0 bridgehead atoms. The van der Waals surface area contributed by atoms with E-state index in [0.29, 0.717) is 50.1 Å². The number of alkyl halides is 3. The summed E-state index contributed by atoms with van der Waals surface area (Å²) in [6.07, 6.45) is 2.71. The lowest BCUT2D eigenvalue weighted by molar-refractivity contribution is -0.137. The fourth-order valence-corrected chi connectivity index (χ4v) is 4.30. The minimum atomic E-state index is -4.52. The predicted molar refractivity (Wildman–Crippen MR) is 133 cm³/mol. The van der Waals surface area contributed by atoms with E-state index in [1.165, 1.54) is 6.20 Å². The third kappa shape index (κ3) is 4.04. The number of pyridine rings is 3. The molecule has 0 unspecified atom stereocenters. The zero-order chi connectivity index (χ0) is 27.2. The van der Waals surface area contributed by atoms with Gasteiger partial charge in [0, 0.05) is 30.4 Å². The Morgan fingerprint density at radius 2 is 1.71 bits per heavy atom. The standard InChI is InChI=1S/C27H19F3N8/c1-26(2,14-31)23-7-5-19(12-35-23)38-24-20-9-16(17-8-18(11-33-10-17)27(28,29)30)4-6-21(20)34-13-22(24)37(3)25(38)36-15-32/h4-13H,1-3H3/b36-25-. The molecule has 0 N–H and O–H groups in total. The van der Waals surface area contributed by atoms with Crippen molar-refractivity contribution < 1.29 is 13.2 Å². The van der Waals surface area contributed by atoms with Gasteiger partial charge in [-0.2, -0.15) is 23.7 Å². The molecule has 0 spiro atoms. The number of rotatable bonds is 3. The molecule has 0 saturated heterocycles. The van der Waals surface area contributed by atoms with Crippen molar-refractivity contribution in [1.29, 1.82) is 10.5 Å². The van der Waals surface area contributed by atoms with E-state index in [-0.39, 0.29) is 0 Å². The SMILES string of the molecule is Cn1/c(=N/C#N)n(-c2ccc(C(C)(C)C#N)nc2)c2c3cc(-c4cncc(C(F)(F)F)c4)ccc3ncc21. The van der Waals surface area contributed by atoms with Crippen LogP contribution in [0, 0.1) is 22.8 Å². The van der Waals surface area contributed by atoms with E-state index < -0.39 is 17.2 Å². The van der Waals surface area contributed by atoms with Crippen LogP contribution in [0.15, 0.2) is 66.2 Å². The van der Waals surface area contributed by atoms with Gasteiger partial charge in [0.05, 0.1) is 57.4 Å². The van der Waals surface area contributed by atoms with E-state index in [9.17, 15) is 23.7 Å². The zero-order valence-electron chi connectivity index (χ0n) is 20.5. The molecule has 0 saturated carbocycles. The number of halogens is 3. The average molecular weight is 512 g/mol. The molecular formula is C27H19F3N8.